The van der Waals surface area contributed by atoms with Gasteiger partial charge in [0.15, 0.2) is 0 Å². The van der Waals surface area contributed by atoms with Crippen LogP contribution in [0.25, 0.3) is 17.5 Å². The molecule has 0 saturated heterocycles. The summed E-state index contributed by atoms with van der Waals surface area (Å²) in [6.07, 6.45) is 2.16. The molecule has 0 aliphatic heterocycles. The van der Waals surface area contributed by atoms with Gasteiger partial charge >= 0.3 is 5.97 Å². The Morgan fingerprint density at radius 2 is 2.00 bits per heavy atom. The van der Waals surface area contributed by atoms with Crippen LogP contribution in [0.15, 0.2) is 34.8 Å². The molecule has 6 heteroatoms. The number of benzene rings is 1. The van der Waals surface area contributed by atoms with Gasteiger partial charge in [-0.05, 0) is 24.3 Å². The lowest BCUT2D eigenvalue weighted by molar-refractivity contribution is -0.131. The Morgan fingerprint density at radius 3 is 2.65 bits per heavy atom. The zero-order chi connectivity index (χ0) is 12.3. The lowest BCUT2D eigenvalue weighted by Gasteiger charge is -1.93. The van der Waals surface area contributed by atoms with E-state index in [-0.39, 0.29) is 5.89 Å². The van der Waals surface area contributed by atoms with Crippen LogP contribution < -0.4 is 0 Å². The zero-order valence-electron chi connectivity index (χ0n) is 8.50. The van der Waals surface area contributed by atoms with Crippen LogP contribution in [0.5, 0.6) is 0 Å². The van der Waals surface area contributed by atoms with Crippen molar-refractivity contribution in [1.29, 1.82) is 0 Å². The van der Waals surface area contributed by atoms with Gasteiger partial charge in [0.1, 0.15) is 0 Å². The van der Waals surface area contributed by atoms with Gasteiger partial charge in [-0.1, -0.05) is 11.6 Å². The van der Waals surface area contributed by atoms with E-state index in [9.17, 15) is 4.79 Å². The molecular weight excluding hydrogens is 244 g/mol. The molecule has 17 heavy (non-hydrogen) atoms. The van der Waals surface area contributed by atoms with Crippen molar-refractivity contribution in [2.75, 3.05) is 0 Å². The van der Waals surface area contributed by atoms with Crippen LogP contribution in [0.1, 0.15) is 5.89 Å². The number of carboxylic acids is 1. The molecular formula is C11H7ClN2O3. The van der Waals surface area contributed by atoms with Crippen molar-refractivity contribution in [2.24, 2.45) is 0 Å². The van der Waals surface area contributed by atoms with Crippen LogP contribution in [0, 0.1) is 0 Å². The SMILES string of the molecule is O=C(O)/C=C/c1nnc(-c2ccc(Cl)cc2)o1. The maximum atomic E-state index is 10.3. The predicted molar refractivity (Wildman–Crippen MR) is 61.4 cm³/mol. The van der Waals surface area contributed by atoms with Crippen LogP contribution in [-0.2, 0) is 4.79 Å². The van der Waals surface area contributed by atoms with Gasteiger partial charge in [0.2, 0.25) is 11.8 Å². The summed E-state index contributed by atoms with van der Waals surface area (Å²) in [5.41, 5.74) is 0.719. The van der Waals surface area contributed by atoms with Crippen molar-refractivity contribution < 1.29 is 14.3 Å². The van der Waals surface area contributed by atoms with Crippen LogP contribution in [0.3, 0.4) is 0 Å². The van der Waals surface area contributed by atoms with Crippen molar-refractivity contribution >= 4 is 23.6 Å². The van der Waals surface area contributed by atoms with Crippen LogP contribution in [-0.4, -0.2) is 21.3 Å². The van der Waals surface area contributed by atoms with E-state index >= 15 is 0 Å². The Kier molecular flexibility index (Phi) is 3.20. The maximum absolute atomic E-state index is 10.3. The molecule has 0 amide bonds. The number of aromatic nitrogens is 2. The molecule has 0 aliphatic rings. The largest absolute Gasteiger partial charge is 0.478 e. The van der Waals surface area contributed by atoms with Crippen molar-refractivity contribution in [3.63, 3.8) is 0 Å². The van der Waals surface area contributed by atoms with E-state index in [0.717, 1.165) is 11.6 Å². The third-order valence-corrected chi connectivity index (χ3v) is 2.15. The molecule has 0 bridgehead atoms. The first-order valence-corrected chi connectivity index (χ1v) is 5.03. The summed E-state index contributed by atoms with van der Waals surface area (Å²) in [6.45, 7) is 0. The smallest absolute Gasteiger partial charge is 0.328 e. The number of rotatable bonds is 3. The maximum Gasteiger partial charge on any atom is 0.328 e. The second kappa shape index (κ2) is 4.80. The van der Waals surface area contributed by atoms with Crippen molar-refractivity contribution in [3.05, 3.63) is 41.3 Å². The number of hydrogen-bond acceptors (Lipinski definition) is 4. The molecule has 1 N–H and O–H groups in total. The van der Waals surface area contributed by atoms with Crippen LogP contribution in [0.4, 0.5) is 0 Å². The molecule has 2 aromatic rings. The lowest BCUT2D eigenvalue weighted by Crippen LogP contribution is -1.85. The summed E-state index contributed by atoms with van der Waals surface area (Å²) in [6, 6.07) is 6.88. The van der Waals surface area contributed by atoms with Crippen LogP contribution in [0.2, 0.25) is 5.02 Å². The summed E-state index contributed by atoms with van der Waals surface area (Å²) >= 11 is 5.75. The van der Waals surface area contributed by atoms with E-state index in [4.69, 9.17) is 21.1 Å². The standard InChI is InChI=1S/C11H7ClN2O3/c12-8-3-1-7(2-4-8)11-14-13-9(17-11)5-6-10(15)16/h1-6H,(H,15,16)/b6-5+. The van der Waals surface area contributed by atoms with Gasteiger partial charge in [-0.3, -0.25) is 0 Å². The van der Waals surface area contributed by atoms with E-state index in [1.807, 2.05) is 0 Å². The summed E-state index contributed by atoms with van der Waals surface area (Å²) in [5.74, 6) is -0.625. The molecule has 5 nitrogen and oxygen atoms in total. The number of halogens is 1. The Balaban J connectivity index is 2.23. The quantitative estimate of drug-likeness (QED) is 0.847. The number of nitrogens with zero attached hydrogens (tertiary/aromatic N) is 2. The lowest BCUT2D eigenvalue weighted by atomic mass is 10.2. The zero-order valence-corrected chi connectivity index (χ0v) is 9.26. The second-order valence-corrected chi connectivity index (χ2v) is 3.56. The number of aliphatic carboxylic acids is 1. The molecule has 0 fully saturated rings. The van der Waals surface area contributed by atoms with E-state index in [2.05, 4.69) is 10.2 Å². The number of carbonyl (C=O) groups is 1. The molecule has 0 unspecified atom stereocenters. The second-order valence-electron chi connectivity index (χ2n) is 3.12. The highest BCUT2D eigenvalue weighted by atomic mass is 35.5. The Bertz CT molecular complexity index is 560. The van der Waals surface area contributed by atoms with Gasteiger partial charge < -0.3 is 9.52 Å². The fourth-order valence-electron chi connectivity index (χ4n) is 1.15. The molecule has 2 rings (SSSR count). The van der Waals surface area contributed by atoms with E-state index < -0.39 is 5.97 Å². The third-order valence-electron chi connectivity index (χ3n) is 1.90. The predicted octanol–water partition coefficient (Wildman–Crippen LogP) is 2.49. The molecule has 0 atom stereocenters. The average Bonchev–Trinajstić information content (AvgIpc) is 2.76. The Morgan fingerprint density at radius 1 is 1.29 bits per heavy atom. The van der Waals surface area contributed by atoms with E-state index in [0.29, 0.717) is 10.9 Å². The Hall–Kier alpha value is -2.14. The van der Waals surface area contributed by atoms with Crippen LogP contribution >= 0.6 is 11.6 Å². The summed E-state index contributed by atoms with van der Waals surface area (Å²) in [7, 11) is 0. The highest BCUT2D eigenvalue weighted by molar-refractivity contribution is 6.30. The van der Waals surface area contributed by atoms with E-state index in [1.165, 1.54) is 6.08 Å². The van der Waals surface area contributed by atoms with Gasteiger partial charge in [0, 0.05) is 22.7 Å². The minimum atomic E-state index is -1.07. The molecule has 0 saturated carbocycles. The fourth-order valence-corrected chi connectivity index (χ4v) is 1.28. The normalized spacial score (nSPS) is 10.9. The molecule has 0 radical (unpaired) electrons. The average molecular weight is 251 g/mol. The van der Waals surface area contributed by atoms with E-state index in [1.54, 1.807) is 24.3 Å². The van der Waals surface area contributed by atoms with Crippen molar-refractivity contribution in [2.45, 2.75) is 0 Å². The number of carboxylic acid groups (broad SMARTS) is 1. The van der Waals surface area contributed by atoms with Gasteiger partial charge in [-0.25, -0.2) is 4.79 Å². The van der Waals surface area contributed by atoms with Gasteiger partial charge in [0.25, 0.3) is 0 Å². The molecule has 86 valence electrons. The molecule has 0 spiro atoms. The molecule has 1 heterocycles. The third kappa shape index (κ3) is 2.92. The van der Waals surface area contributed by atoms with Gasteiger partial charge in [0.05, 0.1) is 0 Å². The first-order chi connectivity index (χ1) is 8.15. The fraction of sp³-hybridized carbons (Fsp3) is 0. The summed E-state index contributed by atoms with van der Waals surface area (Å²) in [4.78, 5) is 10.3. The number of hydrogen-bond donors (Lipinski definition) is 1. The monoisotopic (exact) mass is 250 g/mol. The topological polar surface area (TPSA) is 76.2 Å². The van der Waals surface area contributed by atoms with Gasteiger partial charge in [-0.15, -0.1) is 10.2 Å². The summed E-state index contributed by atoms with van der Waals surface area (Å²) < 4.78 is 5.24. The molecule has 1 aromatic heterocycles. The molecule has 1 aromatic carbocycles. The summed E-state index contributed by atoms with van der Waals surface area (Å²) in [5, 5.41) is 16.5. The first-order valence-electron chi connectivity index (χ1n) is 4.65. The first kappa shape index (κ1) is 11.3. The van der Waals surface area contributed by atoms with Crippen molar-refractivity contribution in [1.82, 2.24) is 10.2 Å². The highest BCUT2D eigenvalue weighted by Crippen LogP contribution is 2.20. The Labute approximate surface area is 101 Å². The minimum Gasteiger partial charge on any atom is -0.478 e. The van der Waals surface area contributed by atoms with Gasteiger partial charge in [-0.2, -0.15) is 0 Å². The van der Waals surface area contributed by atoms with Crippen molar-refractivity contribution in [3.8, 4) is 11.5 Å². The minimum absolute atomic E-state index is 0.136. The highest BCUT2D eigenvalue weighted by Gasteiger charge is 2.06. The molecule has 0 aliphatic carbocycles.